The van der Waals surface area contributed by atoms with Crippen molar-refractivity contribution in [1.29, 1.82) is 0 Å². The lowest BCUT2D eigenvalue weighted by Gasteiger charge is -1.98. The van der Waals surface area contributed by atoms with Crippen LogP contribution in [0.15, 0.2) is 11.1 Å². The van der Waals surface area contributed by atoms with Crippen molar-refractivity contribution in [3.05, 3.63) is 17.5 Å². The average molecular weight is 192 g/mol. The summed E-state index contributed by atoms with van der Waals surface area (Å²) in [5.41, 5.74) is 1.47. The number of carbonyl (C=O) groups is 1. The Bertz CT molecular complexity index is 380. The maximum atomic E-state index is 11.3. The summed E-state index contributed by atoms with van der Waals surface area (Å²) < 4.78 is 1.84. The molecule has 5 nitrogen and oxygen atoms in total. The van der Waals surface area contributed by atoms with E-state index in [4.69, 9.17) is 0 Å². The molecule has 0 spiro atoms. The number of fused-ring (bicyclic) bond motifs is 1. The van der Waals surface area contributed by atoms with Gasteiger partial charge in [0.15, 0.2) is 5.69 Å². The molecule has 5 heteroatoms. The summed E-state index contributed by atoms with van der Waals surface area (Å²) in [6, 6.07) is 1.79. The van der Waals surface area contributed by atoms with Crippen LogP contribution in [0.25, 0.3) is 0 Å². The van der Waals surface area contributed by atoms with Crippen molar-refractivity contribution >= 4 is 12.1 Å². The molecule has 1 aromatic rings. The second-order valence-corrected chi connectivity index (χ2v) is 3.14. The van der Waals surface area contributed by atoms with Gasteiger partial charge in [-0.2, -0.15) is 5.10 Å². The highest BCUT2D eigenvalue weighted by Gasteiger charge is 2.13. The van der Waals surface area contributed by atoms with Crippen molar-refractivity contribution in [3.63, 3.8) is 0 Å². The fourth-order valence-corrected chi connectivity index (χ4v) is 1.44. The van der Waals surface area contributed by atoms with E-state index in [1.165, 1.54) is 0 Å². The minimum atomic E-state index is -0.144. The van der Waals surface area contributed by atoms with E-state index < -0.39 is 0 Å². The van der Waals surface area contributed by atoms with Gasteiger partial charge >= 0.3 is 0 Å². The second kappa shape index (κ2) is 3.61. The molecule has 14 heavy (non-hydrogen) atoms. The Morgan fingerprint density at radius 3 is 3.29 bits per heavy atom. The van der Waals surface area contributed by atoms with Crippen molar-refractivity contribution < 1.29 is 4.79 Å². The molecule has 0 atom stereocenters. The van der Waals surface area contributed by atoms with Crippen LogP contribution in [0, 0.1) is 0 Å². The standard InChI is InChI=1S/C9H12N4O/c1-10-9(14)8-5-7-6-11-3-2-4-13(7)12-8/h3,5H,2,4,6H2,1H3,(H,10,14). The SMILES string of the molecule is CNC(=O)c1cc2n(n1)CCC=NC2. The molecule has 0 saturated heterocycles. The summed E-state index contributed by atoms with van der Waals surface area (Å²) >= 11 is 0. The van der Waals surface area contributed by atoms with Gasteiger partial charge in [-0.15, -0.1) is 0 Å². The Morgan fingerprint density at radius 1 is 1.64 bits per heavy atom. The molecule has 1 N–H and O–H groups in total. The zero-order chi connectivity index (χ0) is 9.97. The van der Waals surface area contributed by atoms with E-state index in [-0.39, 0.29) is 5.91 Å². The number of nitrogens with zero attached hydrogens (tertiary/aromatic N) is 3. The average Bonchev–Trinajstić information content (AvgIpc) is 2.49. The molecule has 2 heterocycles. The predicted octanol–water partition coefficient (Wildman–Crippen LogP) is 0.217. The molecule has 0 saturated carbocycles. The normalized spacial score (nSPS) is 14.6. The number of aromatic nitrogens is 2. The van der Waals surface area contributed by atoms with E-state index in [9.17, 15) is 4.79 Å². The molecule has 0 unspecified atom stereocenters. The minimum Gasteiger partial charge on any atom is -0.354 e. The lowest BCUT2D eigenvalue weighted by Crippen LogP contribution is -2.18. The second-order valence-electron chi connectivity index (χ2n) is 3.14. The van der Waals surface area contributed by atoms with Crippen LogP contribution >= 0.6 is 0 Å². The molecule has 1 aliphatic heterocycles. The fourth-order valence-electron chi connectivity index (χ4n) is 1.44. The summed E-state index contributed by atoms with van der Waals surface area (Å²) in [7, 11) is 1.60. The first kappa shape index (κ1) is 8.93. The monoisotopic (exact) mass is 192 g/mol. The van der Waals surface area contributed by atoms with Crippen LogP contribution in [0.1, 0.15) is 22.6 Å². The van der Waals surface area contributed by atoms with E-state index in [1.54, 1.807) is 13.1 Å². The number of aliphatic imine (C=N–C) groups is 1. The molecule has 74 valence electrons. The van der Waals surface area contributed by atoms with E-state index >= 15 is 0 Å². The first-order valence-corrected chi connectivity index (χ1v) is 4.58. The highest BCUT2D eigenvalue weighted by molar-refractivity contribution is 5.92. The van der Waals surface area contributed by atoms with Crippen molar-refractivity contribution in [2.24, 2.45) is 4.99 Å². The summed E-state index contributed by atoms with van der Waals surface area (Å²) in [5, 5.41) is 6.76. The quantitative estimate of drug-likeness (QED) is 0.691. The highest BCUT2D eigenvalue weighted by Crippen LogP contribution is 2.09. The van der Waals surface area contributed by atoms with Crippen molar-refractivity contribution in [1.82, 2.24) is 15.1 Å². The van der Waals surface area contributed by atoms with Gasteiger partial charge in [-0.05, 0) is 6.07 Å². The van der Waals surface area contributed by atoms with E-state index in [0.717, 1.165) is 18.7 Å². The van der Waals surface area contributed by atoms with Crippen molar-refractivity contribution in [2.75, 3.05) is 7.05 Å². The Hall–Kier alpha value is -1.65. The van der Waals surface area contributed by atoms with Gasteiger partial charge < -0.3 is 5.32 Å². The number of carbonyl (C=O) groups excluding carboxylic acids is 1. The minimum absolute atomic E-state index is 0.144. The van der Waals surface area contributed by atoms with Crippen LogP contribution in [0.5, 0.6) is 0 Å². The first-order chi connectivity index (χ1) is 6.81. The van der Waals surface area contributed by atoms with Gasteiger partial charge in [-0.3, -0.25) is 14.5 Å². The van der Waals surface area contributed by atoms with Crippen LogP contribution in [0.2, 0.25) is 0 Å². The van der Waals surface area contributed by atoms with Gasteiger partial charge in [0, 0.05) is 26.2 Å². The number of hydrogen-bond donors (Lipinski definition) is 1. The Balaban J connectivity index is 2.31. The number of rotatable bonds is 1. The summed E-state index contributed by atoms with van der Waals surface area (Å²) in [6.45, 7) is 1.42. The van der Waals surface area contributed by atoms with Crippen LogP contribution in [-0.4, -0.2) is 28.9 Å². The van der Waals surface area contributed by atoms with Gasteiger partial charge in [0.1, 0.15) is 0 Å². The van der Waals surface area contributed by atoms with Crippen LogP contribution in [-0.2, 0) is 13.1 Å². The van der Waals surface area contributed by atoms with Gasteiger partial charge in [-0.25, -0.2) is 0 Å². The van der Waals surface area contributed by atoms with Crippen LogP contribution in [0.3, 0.4) is 0 Å². The maximum absolute atomic E-state index is 11.3. The molecule has 0 aromatic carbocycles. The van der Waals surface area contributed by atoms with Gasteiger partial charge in [0.25, 0.3) is 5.91 Å². The molecule has 1 aliphatic rings. The van der Waals surface area contributed by atoms with Gasteiger partial charge in [-0.1, -0.05) is 0 Å². The predicted molar refractivity (Wildman–Crippen MR) is 52.4 cm³/mol. The van der Waals surface area contributed by atoms with E-state index in [0.29, 0.717) is 12.2 Å². The molecular formula is C9H12N4O. The third kappa shape index (κ3) is 1.53. The molecule has 0 fully saturated rings. The molecule has 2 rings (SSSR count). The Labute approximate surface area is 81.8 Å². The topological polar surface area (TPSA) is 59.3 Å². The smallest absolute Gasteiger partial charge is 0.271 e. The zero-order valence-corrected chi connectivity index (χ0v) is 8.03. The van der Waals surface area contributed by atoms with Gasteiger partial charge in [0.2, 0.25) is 0 Å². The molecule has 0 bridgehead atoms. The Morgan fingerprint density at radius 2 is 2.50 bits per heavy atom. The van der Waals surface area contributed by atoms with E-state index in [1.807, 2.05) is 10.9 Å². The number of nitrogens with one attached hydrogen (secondary N) is 1. The maximum Gasteiger partial charge on any atom is 0.271 e. The molecule has 1 amide bonds. The summed E-state index contributed by atoms with van der Waals surface area (Å²) in [6.07, 6.45) is 2.77. The molecule has 0 radical (unpaired) electrons. The number of hydrogen-bond acceptors (Lipinski definition) is 3. The highest BCUT2D eigenvalue weighted by atomic mass is 16.1. The van der Waals surface area contributed by atoms with Crippen molar-refractivity contribution in [3.8, 4) is 0 Å². The number of aryl methyl sites for hydroxylation is 1. The van der Waals surface area contributed by atoms with Gasteiger partial charge in [0.05, 0.1) is 12.2 Å². The Kier molecular flexibility index (Phi) is 2.30. The van der Waals surface area contributed by atoms with E-state index in [2.05, 4.69) is 15.4 Å². The largest absolute Gasteiger partial charge is 0.354 e. The van der Waals surface area contributed by atoms with Crippen LogP contribution < -0.4 is 5.32 Å². The zero-order valence-electron chi connectivity index (χ0n) is 8.03. The number of amides is 1. The fraction of sp³-hybridized carbons (Fsp3) is 0.444. The van der Waals surface area contributed by atoms with Crippen molar-refractivity contribution in [2.45, 2.75) is 19.5 Å². The molecule has 1 aromatic heterocycles. The third-order valence-electron chi connectivity index (χ3n) is 2.18. The first-order valence-electron chi connectivity index (χ1n) is 4.58. The summed E-state index contributed by atoms with van der Waals surface area (Å²) in [4.78, 5) is 15.5. The lowest BCUT2D eigenvalue weighted by molar-refractivity contribution is 0.0957. The third-order valence-corrected chi connectivity index (χ3v) is 2.18. The lowest BCUT2D eigenvalue weighted by atomic mass is 10.3. The summed E-state index contributed by atoms with van der Waals surface area (Å²) in [5.74, 6) is -0.144. The van der Waals surface area contributed by atoms with Crippen LogP contribution in [0.4, 0.5) is 0 Å². The molecular weight excluding hydrogens is 180 g/mol. The molecule has 0 aliphatic carbocycles.